The maximum atomic E-state index is 13.2. The standard InChI is InChI=1S/C26H23NO4.H2/c1-16-11-21(27-14-22(16)19-5-3-18(4-6-19)17(2)28)13-25(29)26(9-10-26)20-7-8-23-24(12-20)31-15-30-23;/h3-8,11-12,14H,9-10,13,15H2,1-2H3;1H. The van der Waals surface area contributed by atoms with Crippen LogP contribution in [0.5, 0.6) is 11.5 Å². The molecule has 0 N–H and O–H groups in total. The van der Waals surface area contributed by atoms with Gasteiger partial charge in [0.2, 0.25) is 6.79 Å². The van der Waals surface area contributed by atoms with Crippen LogP contribution >= 0.6 is 0 Å². The summed E-state index contributed by atoms with van der Waals surface area (Å²) in [6, 6.07) is 15.3. The number of rotatable bonds is 6. The second kappa shape index (κ2) is 7.34. The molecule has 0 radical (unpaired) electrons. The Bertz CT molecular complexity index is 1200. The Labute approximate surface area is 182 Å². The zero-order chi connectivity index (χ0) is 21.6. The molecular formula is C26H25NO4. The van der Waals surface area contributed by atoms with Crippen molar-refractivity contribution in [2.24, 2.45) is 0 Å². The number of hydrogen-bond donors (Lipinski definition) is 0. The summed E-state index contributed by atoms with van der Waals surface area (Å²) in [6.07, 6.45) is 3.83. The maximum Gasteiger partial charge on any atom is 0.231 e. The number of carbonyl (C=O) groups is 2. The highest BCUT2D eigenvalue weighted by Crippen LogP contribution is 2.51. The van der Waals surface area contributed by atoms with Gasteiger partial charge >= 0.3 is 0 Å². The van der Waals surface area contributed by atoms with Gasteiger partial charge in [0.25, 0.3) is 0 Å². The quantitative estimate of drug-likeness (QED) is 0.526. The lowest BCUT2D eigenvalue weighted by atomic mass is 9.88. The fraction of sp³-hybridized carbons (Fsp3) is 0.269. The van der Waals surface area contributed by atoms with Crippen LogP contribution in [0.4, 0.5) is 0 Å². The third-order valence-corrected chi connectivity index (χ3v) is 6.32. The first kappa shape index (κ1) is 19.5. The molecule has 5 rings (SSSR count). The van der Waals surface area contributed by atoms with Gasteiger partial charge < -0.3 is 9.47 Å². The van der Waals surface area contributed by atoms with Crippen LogP contribution in [0, 0.1) is 6.92 Å². The number of ether oxygens (including phenoxy) is 2. The number of benzene rings is 2. The summed E-state index contributed by atoms with van der Waals surface area (Å²) in [6.45, 7) is 3.81. The Kier molecular flexibility index (Phi) is 4.62. The Balaban J connectivity index is 0.00000245. The van der Waals surface area contributed by atoms with Crippen molar-refractivity contribution in [3.05, 3.63) is 77.1 Å². The van der Waals surface area contributed by atoms with Gasteiger partial charge in [0.05, 0.1) is 5.41 Å². The maximum absolute atomic E-state index is 13.2. The van der Waals surface area contributed by atoms with Crippen LogP contribution < -0.4 is 9.47 Å². The molecule has 1 saturated carbocycles. The van der Waals surface area contributed by atoms with Gasteiger partial charge in [-0.1, -0.05) is 30.3 Å². The predicted octanol–water partition coefficient (Wildman–Crippen LogP) is 5.08. The molecule has 2 heterocycles. The number of ketones is 2. The zero-order valence-corrected chi connectivity index (χ0v) is 17.6. The Morgan fingerprint density at radius 3 is 2.45 bits per heavy atom. The molecule has 158 valence electrons. The van der Waals surface area contributed by atoms with Gasteiger partial charge in [0.15, 0.2) is 17.3 Å². The van der Waals surface area contributed by atoms with E-state index in [-0.39, 0.29) is 19.8 Å². The highest BCUT2D eigenvalue weighted by atomic mass is 16.7. The first-order chi connectivity index (χ1) is 15.0. The van der Waals surface area contributed by atoms with E-state index in [0.717, 1.165) is 46.5 Å². The van der Waals surface area contributed by atoms with Gasteiger partial charge in [-0.05, 0) is 61.6 Å². The van der Waals surface area contributed by atoms with Crippen molar-refractivity contribution in [2.45, 2.75) is 38.5 Å². The summed E-state index contributed by atoms with van der Waals surface area (Å²) in [7, 11) is 0. The molecule has 1 aromatic heterocycles. The van der Waals surface area contributed by atoms with Crippen LogP contribution in [-0.4, -0.2) is 23.3 Å². The molecule has 0 bridgehead atoms. The Morgan fingerprint density at radius 2 is 1.77 bits per heavy atom. The summed E-state index contributed by atoms with van der Waals surface area (Å²) in [4.78, 5) is 29.3. The monoisotopic (exact) mass is 415 g/mol. The minimum atomic E-state index is -0.433. The van der Waals surface area contributed by atoms with Gasteiger partial charge in [-0.25, -0.2) is 0 Å². The fourth-order valence-corrected chi connectivity index (χ4v) is 4.28. The summed E-state index contributed by atoms with van der Waals surface area (Å²) in [5.41, 5.74) is 5.10. The van der Waals surface area contributed by atoms with E-state index >= 15 is 0 Å². The molecule has 1 fully saturated rings. The van der Waals surface area contributed by atoms with E-state index in [2.05, 4.69) is 4.98 Å². The molecular weight excluding hydrogens is 390 g/mol. The number of carbonyl (C=O) groups excluding carboxylic acids is 2. The smallest absolute Gasteiger partial charge is 0.231 e. The molecule has 31 heavy (non-hydrogen) atoms. The average Bonchev–Trinajstić information content (AvgIpc) is 3.45. The van der Waals surface area contributed by atoms with E-state index in [1.165, 1.54) is 0 Å². The Morgan fingerprint density at radius 1 is 1.03 bits per heavy atom. The van der Waals surface area contributed by atoms with Crippen molar-refractivity contribution in [3.8, 4) is 22.6 Å². The minimum absolute atomic E-state index is 0. The number of hydrogen-bond acceptors (Lipinski definition) is 5. The third-order valence-electron chi connectivity index (χ3n) is 6.32. The second-order valence-corrected chi connectivity index (χ2v) is 8.37. The summed E-state index contributed by atoms with van der Waals surface area (Å²) in [5, 5.41) is 0. The summed E-state index contributed by atoms with van der Waals surface area (Å²) >= 11 is 0. The molecule has 0 spiro atoms. The molecule has 0 atom stereocenters. The molecule has 2 aliphatic rings. The third kappa shape index (κ3) is 3.50. The predicted molar refractivity (Wildman–Crippen MR) is 119 cm³/mol. The molecule has 1 aliphatic heterocycles. The van der Waals surface area contributed by atoms with Crippen molar-refractivity contribution in [1.29, 1.82) is 0 Å². The van der Waals surface area contributed by atoms with Crippen LogP contribution in [0.2, 0.25) is 0 Å². The number of Topliss-reactive ketones (excluding diaryl/α,β-unsaturated/α-hetero) is 2. The van der Waals surface area contributed by atoms with E-state index < -0.39 is 5.41 Å². The zero-order valence-electron chi connectivity index (χ0n) is 17.6. The largest absolute Gasteiger partial charge is 0.454 e. The minimum Gasteiger partial charge on any atom is -0.454 e. The normalized spacial score (nSPS) is 15.5. The SMILES string of the molecule is CC(=O)c1ccc(-c2cnc(CC(=O)C3(c4ccc5c(c4)OCO5)CC3)cc2C)cc1.[HH]. The van der Waals surface area contributed by atoms with Crippen LogP contribution in [0.25, 0.3) is 11.1 Å². The number of pyridine rings is 1. The first-order valence-electron chi connectivity index (χ1n) is 10.5. The van der Waals surface area contributed by atoms with Crippen LogP contribution in [-0.2, 0) is 16.6 Å². The van der Waals surface area contributed by atoms with E-state index in [9.17, 15) is 9.59 Å². The van der Waals surface area contributed by atoms with Crippen LogP contribution in [0.15, 0.2) is 54.7 Å². The van der Waals surface area contributed by atoms with Gasteiger partial charge in [0, 0.05) is 30.9 Å². The second-order valence-electron chi connectivity index (χ2n) is 8.37. The van der Waals surface area contributed by atoms with E-state index in [4.69, 9.17) is 9.47 Å². The van der Waals surface area contributed by atoms with E-state index in [1.54, 1.807) is 6.92 Å². The number of fused-ring (bicyclic) bond motifs is 1. The molecule has 0 amide bonds. The lowest BCUT2D eigenvalue weighted by molar-refractivity contribution is -0.120. The molecule has 5 heteroatoms. The molecule has 5 nitrogen and oxygen atoms in total. The molecule has 3 aromatic rings. The Hall–Kier alpha value is -3.47. The van der Waals surface area contributed by atoms with Crippen LogP contribution in [0.1, 0.15) is 48.4 Å². The van der Waals surface area contributed by atoms with Crippen molar-refractivity contribution < 1.29 is 20.5 Å². The molecule has 2 aromatic carbocycles. The number of aryl methyl sites for hydroxylation is 1. The fourth-order valence-electron chi connectivity index (χ4n) is 4.28. The lowest BCUT2D eigenvalue weighted by Gasteiger charge is -2.15. The molecule has 0 saturated heterocycles. The van der Waals surface area contributed by atoms with E-state index in [0.29, 0.717) is 17.7 Å². The average molecular weight is 415 g/mol. The topological polar surface area (TPSA) is 65.5 Å². The van der Waals surface area contributed by atoms with Crippen molar-refractivity contribution in [2.75, 3.05) is 6.79 Å². The summed E-state index contributed by atoms with van der Waals surface area (Å²) in [5.74, 6) is 1.69. The van der Waals surface area contributed by atoms with E-state index in [1.807, 2.05) is 61.7 Å². The summed E-state index contributed by atoms with van der Waals surface area (Å²) < 4.78 is 10.9. The van der Waals surface area contributed by atoms with Crippen molar-refractivity contribution >= 4 is 11.6 Å². The van der Waals surface area contributed by atoms with Gasteiger partial charge in [-0.15, -0.1) is 0 Å². The van der Waals surface area contributed by atoms with Crippen molar-refractivity contribution in [1.82, 2.24) is 4.98 Å². The highest BCUT2D eigenvalue weighted by molar-refractivity contribution is 5.95. The lowest BCUT2D eigenvalue weighted by Crippen LogP contribution is -2.23. The molecule has 0 unspecified atom stereocenters. The first-order valence-corrected chi connectivity index (χ1v) is 10.5. The van der Waals surface area contributed by atoms with Gasteiger partial charge in [-0.2, -0.15) is 0 Å². The number of nitrogens with zero attached hydrogens (tertiary/aromatic N) is 1. The van der Waals surface area contributed by atoms with Gasteiger partial charge in [0.1, 0.15) is 5.78 Å². The van der Waals surface area contributed by atoms with Gasteiger partial charge in [-0.3, -0.25) is 14.6 Å². The van der Waals surface area contributed by atoms with Crippen LogP contribution in [0.3, 0.4) is 0 Å². The van der Waals surface area contributed by atoms with Crippen molar-refractivity contribution in [3.63, 3.8) is 0 Å². The highest BCUT2D eigenvalue weighted by Gasteiger charge is 2.51. The number of aromatic nitrogens is 1. The molecule has 1 aliphatic carbocycles.